The standard InChI is InChI=1S/C9H8O2/c1-10-9-4-7-2-3-11-6-8(7)5-9/h2-6H,1H3. The Morgan fingerprint density at radius 1 is 1.27 bits per heavy atom. The van der Waals surface area contributed by atoms with Gasteiger partial charge in [0, 0.05) is 5.56 Å². The van der Waals surface area contributed by atoms with Crippen molar-refractivity contribution in [3.8, 4) is 16.9 Å². The first kappa shape index (κ1) is 6.28. The smallest absolute Gasteiger partial charge is 0.120 e. The van der Waals surface area contributed by atoms with E-state index in [0.29, 0.717) is 0 Å². The van der Waals surface area contributed by atoms with Gasteiger partial charge in [-0.2, -0.15) is 0 Å². The van der Waals surface area contributed by atoms with Crippen LogP contribution in [0.3, 0.4) is 0 Å². The summed E-state index contributed by atoms with van der Waals surface area (Å²) in [5, 5.41) is 0. The van der Waals surface area contributed by atoms with E-state index in [1.807, 2.05) is 18.2 Å². The van der Waals surface area contributed by atoms with E-state index in [0.717, 1.165) is 16.9 Å². The largest absolute Gasteiger partial charge is 0.497 e. The van der Waals surface area contributed by atoms with Gasteiger partial charge in [0.2, 0.25) is 0 Å². The Labute approximate surface area is 64.7 Å². The van der Waals surface area contributed by atoms with E-state index in [-0.39, 0.29) is 0 Å². The SMILES string of the molecule is COc1cc2ccocc-2c1. The van der Waals surface area contributed by atoms with Gasteiger partial charge in [-0.1, -0.05) is 0 Å². The molecular formula is C9H8O2. The number of hydrogen-bond donors (Lipinski definition) is 0. The van der Waals surface area contributed by atoms with Gasteiger partial charge in [0.05, 0.1) is 19.6 Å². The molecule has 1 aliphatic carbocycles. The van der Waals surface area contributed by atoms with Crippen molar-refractivity contribution in [2.24, 2.45) is 0 Å². The van der Waals surface area contributed by atoms with Gasteiger partial charge in [0.15, 0.2) is 0 Å². The van der Waals surface area contributed by atoms with Crippen molar-refractivity contribution in [1.29, 1.82) is 0 Å². The maximum absolute atomic E-state index is 5.06. The molecule has 56 valence electrons. The van der Waals surface area contributed by atoms with Crippen molar-refractivity contribution in [2.75, 3.05) is 7.11 Å². The van der Waals surface area contributed by atoms with Crippen LogP contribution < -0.4 is 4.74 Å². The van der Waals surface area contributed by atoms with E-state index in [1.165, 1.54) is 0 Å². The molecule has 0 saturated heterocycles. The molecule has 0 atom stereocenters. The molecule has 0 radical (unpaired) electrons. The van der Waals surface area contributed by atoms with Gasteiger partial charge < -0.3 is 9.15 Å². The Hall–Kier alpha value is -1.44. The molecule has 0 N–H and O–H groups in total. The quantitative estimate of drug-likeness (QED) is 0.619. The fourth-order valence-electron chi connectivity index (χ4n) is 1.10. The fourth-order valence-corrected chi connectivity index (χ4v) is 1.10. The number of ether oxygens (including phenoxy) is 1. The highest BCUT2D eigenvalue weighted by atomic mass is 16.5. The van der Waals surface area contributed by atoms with Gasteiger partial charge in [0.25, 0.3) is 0 Å². The summed E-state index contributed by atoms with van der Waals surface area (Å²) in [5.74, 6) is 0.876. The zero-order valence-corrected chi connectivity index (χ0v) is 6.20. The molecular weight excluding hydrogens is 140 g/mol. The van der Waals surface area contributed by atoms with E-state index in [4.69, 9.17) is 9.15 Å². The Balaban J connectivity index is 2.60. The first-order chi connectivity index (χ1) is 5.40. The normalized spacial score (nSPS) is 10.3. The van der Waals surface area contributed by atoms with Gasteiger partial charge in [-0.25, -0.2) is 0 Å². The number of methoxy groups -OCH3 is 1. The summed E-state index contributed by atoms with van der Waals surface area (Å²) < 4.78 is 10.1. The molecule has 0 saturated carbocycles. The maximum atomic E-state index is 5.06. The Bertz CT molecular complexity index is 294. The summed E-state index contributed by atoms with van der Waals surface area (Å²) in [6.45, 7) is 0. The monoisotopic (exact) mass is 148 g/mol. The van der Waals surface area contributed by atoms with E-state index in [2.05, 4.69) is 0 Å². The first-order valence-electron chi connectivity index (χ1n) is 3.40. The van der Waals surface area contributed by atoms with Gasteiger partial charge in [-0.3, -0.25) is 0 Å². The third-order valence-corrected chi connectivity index (χ3v) is 1.69. The highest BCUT2D eigenvalue weighted by Gasteiger charge is 2.05. The molecule has 2 nitrogen and oxygen atoms in total. The average Bonchev–Trinajstić information content (AvgIpc) is 2.46. The topological polar surface area (TPSA) is 22.4 Å². The van der Waals surface area contributed by atoms with Crippen LogP contribution in [0.5, 0.6) is 5.75 Å². The van der Waals surface area contributed by atoms with E-state index in [9.17, 15) is 0 Å². The Kier molecular flexibility index (Phi) is 1.32. The second-order valence-electron chi connectivity index (χ2n) is 2.36. The van der Waals surface area contributed by atoms with E-state index >= 15 is 0 Å². The van der Waals surface area contributed by atoms with Gasteiger partial charge >= 0.3 is 0 Å². The molecule has 0 aromatic heterocycles. The van der Waals surface area contributed by atoms with Crippen LogP contribution in [0.15, 0.2) is 35.1 Å². The second kappa shape index (κ2) is 2.31. The molecule has 0 aromatic carbocycles. The molecule has 0 bridgehead atoms. The minimum Gasteiger partial charge on any atom is -0.497 e. The lowest BCUT2D eigenvalue weighted by atomic mass is 10.2. The lowest BCUT2D eigenvalue weighted by Crippen LogP contribution is -1.74. The molecule has 2 heteroatoms. The van der Waals surface area contributed by atoms with E-state index in [1.54, 1.807) is 19.6 Å². The van der Waals surface area contributed by atoms with Crippen molar-refractivity contribution in [2.45, 2.75) is 0 Å². The first-order valence-corrected chi connectivity index (χ1v) is 3.40. The van der Waals surface area contributed by atoms with Crippen LogP contribution in [-0.4, -0.2) is 7.11 Å². The van der Waals surface area contributed by atoms with Crippen LogP contribution in [0.25, 0.3) is 11.1 Å². The van der Waals surface area contributed by atoms with Crippen LogP contribution in [0.1, 0.15) is 0 Å². The molecule has 2 aliphatic rings. The van der Waals surface area contributed by atoms with Crippen molar-refractivity contribution in [1.82, 2.24) is 0 Å². The summed E-state index contributed by atoms with van der Waals surface area (Å²) in [4.78, 5) is 0. The van der Waals surface area contributed by atoms with E-state index < -0.39 is 0 Å². The molecule has 0 amide bonds. The van der Waals surface area contributed by atoms with Crippen molar-refractivity contribution in [3.63, 3.8) is 0 Å². The summed E-state index contributed by atoms with van der Waals surface area (Å²) in [6, 6.07) is 5.83. The number of rotatable bonds is 1. The summed E-state index contributed by atoms with van der Waals surface area (Å²) in [7, 11) is 1.66. The molecule has 1 aliphatic heterocycles. The van der Waals surface area contributed by atoms with Crippen LogP contribution in [0.4, 0.5) is 0 Å². The molecule has 1 heterocycles. The lowest BCUT2D eigenvalue weighted by Gasteiger charge is -1.91. The minimum atomic E-state index is 0.876. The van der Waals surface area contributed by atoms with Crippen molar-refractivity contribution >= 4 is 0 Å². The number of fused-ring (bicyclic) bond motifs is 1. The Morgan fingerprint density at radius 2 is 2.09 bits per heavy atom. The summed E-state index contributed by atoms with van der Waals surface area (Å²) >= 11 is 0. The number of hydrogen-bond acceptors (Lipinski definition) is 2. The maximum Gasteiger partial charge on any atom is 0.120 e. The van der Waals surface area contributed by atoms with Crippen LogP contribution >= 0.6 is 0 Å². The third kappa shape index (κ3) is 0.963. The predicted octanol–water partition coefficient (Wildman–Crippen LogP) is 2.39. The van der Waals surface area contributed by atoms with Gasteiger partial charge in [0.1, 0.15) is 5.75 Å². The molecule has 0 aromatic rings. The van der Waals surface area contributed by atoms with Crippen molar-refractivity contribution in [3.05, 3.63) is 30.7 Å². The third-order valence-electron chi connectivity index (χ3n) is 1.69. The average molecular weight is 148 g/mol. The van der Waals surface area contributed by atoms with Crippen LogP contribution in [-0.2, 0) is 0 Å². The Morgan fingerprint density at radius 3 is 2.82 bits per heavy atom. The van der Waals surface area contributed by atoms with Crippen LogP contribution in [0.2, 0.25) is 0 Å². The fraction of sp³-hybridized carbons (Fsp3) is 0.111. The molecule has 0 fully saturated rings. The summed E-state index contributed by atoms with van der Waals surface area (Å²) in [6.07, 6.45) is 3.36. The van der Waals surface area contributed by atoms with Crippen molar-refractivity contribution < 1.29 is 9.15 Å². The van der Waals surface area contributed by atoms with Crippen LogP contribution in [0, 0.1) is 0 Å². The zero-order chi connectivity index (χ0) is 7.68. The summed E-state index contributed by atoms with van der Waals surface area (Å²) in [5.41, 5.74) is 2.22. The highest BCUT2D eigenvalue weighted by Crippen LogP contribution is 2.29. The second-order valence-corrected chi connectivity index (χ2v) is 2.36. The minimum absolute atomic E-state index is 0.876. The highest BCUT2D eigenvalue weighted by molar-refractivity contribution is 5.68. The molecule has 2 rings (SSSR count). The zero-order valence-electron chi connectivity index (χ0n) is 6.20. The lowest BCUT2D eigenvalue weighted by molar-refractivity contribution is 0.416. The van der Waals surface area contributed by atoms with Gasteiger partial charge in [-0.05, 0) is 23.8 Å². The predicted molar refractivity (Wildman–Crippen MR) is 41.9 cm³/mol. The molecule has 0 spiro atoms. The molecule has 0 unspecified atom stereocenters. The molecule has 11 heavy (non-hydrogen) atoms. The van der Waals surface area contributed by atoms with Gasteiger partial charge in [-0.15, -0.1) is 0 Å².